The lowest BCUT2D eigenvalue weighted by molar-refractivity contribution is -0.121. The van der Waals surface area contributed by atoms with Gasteiger partial charge >= 0.3 is 0 Å². The maximum atomic E-state index is 12.0. The first kappa shape index (κ1) is 19.0. The number of hydrogen-bond donors (Lipinski definition) is 1. The first-order chi connectivity index (χ1) is 12.1. The Morgan fingerprint density at radius 2 is 1.72 bits per heavy atom. The molecule has 4 nitrogen and oxygen atoms in total. The Bertz CT molecular complexity index is 666. The molecule has 25 heavy (non-hydrogen) atoms. The van der Waals surface area contributed by atoms with Crippen molar-refractivity contribution >= 4 is 5.91 Å². The Balaban J connectivity index is 1.71. The third-order valence-electron chi connectivity index (χ3n) is 4.03. The number of nitrogens with zero attached hydrogens (tertiary/aromatic N) is 1. The number of benzene rings is 2. The van der Waals surface area contributed by atoms with Gasteiger partial charge in [0.15, 0.2) is 0 Å². The minimum absolute atomic E-state index is 0.0975. The van der Waals surface area contributed by atoms with Crippen LogP contribution in [0.5, 0.6) is 5.75 Å². The van der Waals surface area contributed by atoms with Gasteiger partial charge in [0.1, 0.15) is 5.75 Å². The molecule has 0 atom stereocenters. The van der Waals surface area contributed by atoms with Crippen molar-refractivity contribution in [3.63, 3.8) is 0 Å². The van der Waals surface area contributed by atoms with Crippen LogP contribution >= 0.6 is 0 Å². The van der Waals surface area contributed by atoms with Gasteiger partial charge in [-0.05, 0) is 55.8 Å². The zero-order valence-corrected chi connectivity index (χ0v) is 15.4. The van der Waals surface area contributed by atoms with Crippen LogP contribution in [0.4, 0.5) is 0 Å². The normalized spacial score (nSPS) is 10.7. The highest BCUT2D eigenvalue weighted by molar-refractivity contribution is 5.76. The molecule has 134 valence electrons. The molecule has 1 amide bonds. The Morgan fingerprint density at radius 1 is 1.00 bits per heavy atom. The maximum Gasteiger partial charge on any atom is 0.220 e. The van der Waals surface area contributed by atoms with Crippen LogP contribution in [0.2, 0.25) is 0 Å². The third-order valence-corrected chi connectivity index (χ3v) is 4.03. The van der Waals surface area contributed by atoms with Gasteiger partial charge in [0.25, 0.3) is 0 Å². The van der Waals surface area contributed by atoms with E-state index in [1.807, 2.05) is 24.3 Å². The summed E-state index contributed by atoms with van der Waals surface area (Å²) >= 11 is 0. The largest absolute Gasteiger partial charge is 0.497 e. The number of hydrogen-bond acceptors (Lipinski definition) is 3. The fourth-order valence-corrected chi connectivity index (χ4v) is 2.73. The number of carbonyl (C=O) groups excluding carboxylic acids is 1. The van der Waals surface area contributed by atoms with Gasteiger partial charge in [-0.15, -0.1) is 0 Å². The fraction of sp³-hybridized carbons (Fsp3) is 0.381. The zero-order valence-electron chi connectivity index (χ0n) is 15.4. The number of amides is 1. The van der Waals surface area contributed by atoms with Crippen molar-refractivity contribution in [2.75, 3.05) is 27.7 Å². The highest BCUT2D eigenvalue weighted by Gasteiger charge is 2.03. The predicted octanol–water partition coefficient (Wildman–Crippen LogP) is 3.05. The van der Waals surface area contributed by atoms with E-state index < -0.39 is 0 Å². The molecule has 2 aromatic carbocycles. The molecule has 0 heterocycles. The molecule has 0 aliphatic rings. The highest BCUT2D eigenvalue weighted by atomic mass is 16.5. The molecule has 1 N–H and O–H groups in total. The summed E-state index contributed by atoms with van der Waals surface area (Å²) in [4.78, 5) is 14.2. The number of ether oxygens (including phenoxy) is 1. The lowest BCUT2D eigenvalue weighted by Crippen LogP contribution is -2.25. The average Bonchev–Trinajstić information content (AvgIpc) is 2.60. The molecule has 0 radical (unpaired) electrons. The van der Waals surface area contributed by atoms with E-state index in [1.165, 1.54) is 11.1 Å². The Kier molecular flexibility index (Phi) is 7.48. The second-order valence-electron chi connectivity index (χ2n) is 6.51. The van der Waals surface area contributed by atoms with Crippen LogP contribution in [-0.2, 0) is 24.2 Å². The lowest BCUT2D eigenvalue weighted by Gasteiger charge is -2.11. The van der Waals surface area contributed by atoms with Crippen LogP contribution in [0, 0.1) is 0 Å². The number of nitrogens with one attached hydrogen (secondary N) is 1. The second kappa shape index (κ2) is 9.84. The standard InChI is InChI=1S/C21H28N2O2/c1-23(2)16-19-6-4-5-18(15-19)13-14-22-21(24)12-9-17-7-10-20(25-3)11-8-17/h4-8,10-11,15H,9,12-14,16H2,1-3H3,(H,22,24). The molecule has 0 aliphatic carbocycles. The van der Waals surface area contributed by atoms with Crippen molar-refractivity contribution < 1.29 is 9.53 Å². The van der Waals surface area contributed by atoms with E-state index >= 15 is 0 Å². The summed E-state index contributed by atoms with van der Waals surface area (Å²) in [6.07, 6.45) is 2.11. The van der Waals surface area contributed by atoms with Crippen molar-refractivity contribution in [2.24, 2.45) is 0 Å². The number of aryl methyl sites for hydroxylation is 1. The van der Waals surface area contributed by atoms with E-state index in [1.54, 1.807) is 7.11 Å². The molecule has 0 aliphatic heterocycles. The Labute approximate surface area is 150 Å². The quantitative estimate of drug-likeness (QED) is 0.763. The number of rotatable bonds is 9. The molecule has 0 aromatic heterocycles. The van der Waals surface area contributed by atoms with Gasteiger partial charge in [0.2, 0.25) is 5.91 Å². The molecule has 0 unspecified atom stereocenters. The molecule has 0 spiro atoms. The molecule has 2 rings (SSSR count). The summed E-state index contributed by atoms with van der Waals surface area (Å²) in [5, 5.41) is 3.01. The summed E-state index contributed by atoms with van der Waals surface area (Å²) in [7, 11) is 5.78. The summed E-state index contributed by atoms with van der Waals surface area (Å²) in [5.74, 6) is 0.935. The third kappa shape index (κ3) is 6.98. The topological polar surface area (TPSA) is 41.6 Å². The van der Waals surface area contributed by atoms with Gasteiger partial charge in [0.05, 0.1) is 7.11 Å². The van der Waals surface area contributed by atoms with Crippen molar-refractivity contribution in [3.05, 3.63) is 65.2 Å². The molecule has 4 heteroatoms. The van der Waals surface area contributed by atoms with Crippen molar-refractivity contribution in [3.8, 4) is 5.75 Å². The fourth-order valence-electron chi connectivity index (χ4n) is 2.73. The number of carbonyl (C=O) groups is 1. The average molecular weight is 340 g/mol. The van der Waals surface area contributed by atoms with Crippen LogP contribution in [0.1, 0.15) is 23.1 Å². The zero-order chi connectivity index (χ0) is 18.1. The second-order valence-corrected chi connectivity index (χ2v) is 6.51. The van der Waals surface area contributed by atoms with Crippen molar-refractivity contribution in [1.82, 2.24) is 10.2 Å². The maximum absolute atomic E-state index is 12.0. The van der Waals surface area contributed by atoms with Crippen LogP contribution in [-0.4, -0.2) is 38.6 Å². The van der Waals surface area contributed by atoms with Crippen LogP contribution in [0.3, 0.4) is 0 Å². The predicted molar refractivity (Wildman–Crippen MR) is 102 cm³/mol. The number of methoxy groups -OCH3 is 1. The monoisotopic (exact) mass is 340 g/mol. The summed E-state index contributed by atoms with van der Waals surface area (Å²) in [6.45, 7) is 1.61. The van der Waals surface area contributed by atoms with Gasteiger partial charge < -0.3 is 15.0 Å². The van der Waals surface area contributed by atoms with Gasteiger partial charge in [0, 0.05) is 19.5 Å². The van der Waals surface area contributed by atoms with E-state index in [0.717, 1.165) is 30.7 Å². The van der Waals surface area contributed by atoms with Gasteiger partial charge in [-0.2, -0.15) is 0 Å². The van der Waals surface area contributed by atoms with Crippen molar-refractivity contribution in [2.45, 2.75) is 25.8 Å². The highest BCUT2D eigenvalue weighted by Crippen LogP contribution is 2.12. The summed E-state index contributed by atoms with van der Waals surface area (Å²) in [6, 6.07) is 16.4. The summed E-state index contributed by atoms with van der Waals surface area (Å²) in [5.41, 5.74) is 3.70. The van der Waals surface area contributed by atoms with E-state index in [-0.39, 0.29) is 5.91 Å². The molecular formula is C21H28N2O2. The van der Waals surface area contributed by atoms with E-state index in [9.17, 15) is 4.79 Å². The van der Waals surface area contributed by atoms with Crippen LogP contribution in [0.15, 0.2) is 48.5 Å². The molecule has 0 saturated heterocycles. The lowest BCUT2D eigenvalue weighted by atomic mass is 10.1. The molecule has 0 fully saturated rings. The van der Waals surface area contributed by atoms with Gasteiger partial charge in [-0.25, -0.2) is 0 Å². The molecular weight excluding hydrogens is 312 g/mol. The Hall–Kier alpha value is -2.33. The smallest absolute Gasteiger partial charge is 0.220 e. The van der Waals surface area contributed by atoms with Gasteiger partial charge in [-0.1, -0.05) is 36.4 Å². The molecule has 0 bridgehead atoms. The SMILES string of the molecule is COc1ccc(CCC(=O)NCCc2cccc(CN(C)C)c2)cc1. The first-order valence-electron chi connectivity index (χ1n) is 8.69. The van der Waals surface area contributed by atoms with Crippen molar-refractivity contribution in [1.29, 1.82) is 0 Å². The minimum atomic E-state index is 0.0975. The van der Waals surface area contributed by atoms with Crippen LogP contribution < -0.4 is 10.1 Å². The van der Waals surface area contributed by atoms with Crippen LogP contribution in [0.25, 0.3) is 0 Å². The first-order valence-corrected chi connectivity index (χ1v) is 8.69. The summed E-state index contributed by atoms with van der Waals surface area (Å²) < 4.78 is 5.14. The Morgan fingerprint density at radius 3 is 2.40 bits per heavy atom. The van der Waals surface area contributed by atoms with E-state index in [2.05, 4.69) is 48.6 Å². The van der Waals surface area contributed by atoms with E-state index in [0.29, 0.717) is 13.0 Å². The van der Waals surface area contributed by atoms with Gasteiger partial charge in [-0.3, -0.25) is 4.79 Å². The molecule has 2 aromatic rings. The van der Waals surface area contributed by atoms with E-state index in [4.69, 9.17) is 4.74 Å². The molecule has 0 saturated carbocycles. The minimum Gasteiger partial charge on any atom is -0.497 e.